The Kier molecular flexibility index (Phi) is 6.77. The van der Waals surface area contributed by atoms with Crippen LogP contribution in [0.3, 0.4) is 0 Å². The van der Waals surface area contributed by atoms with Crippen molar-refractivity contribution in [3.05, 3.63) is 180 Å². The number of benzene rings is 8. The number of hydrogen-bond donors (Lipinski definition) is 0. The smallest absolute Gasteiger partial charge is 0.0767 e. The Bertz CT molecular complexity index is 2930. The normalized spacial score (nSPS) is 12.2. The monoisotopic (exact) mass is 653 g/mol. The van der Waals surface area contributed by atoms with Crippen LogP contribution in [0.2, 0.25) is 0 Å². The summed E-state index contributed by atoms with van der Waals surface area (Å²) in [6, 6.07) is 60.0. The van der Waals surface area contributed by atoms with Gasteiger partial charge in [0, 0.05) is 32.4 Å². The van der Waals surface area contributed by atoms with Crippen LogP contribution < -0.4 is 14.7 Å². The summed E-state index contributed by atoms with van der Waals surface area (Å²) < 4.78 is 2.56. The summed E-state index contributed by atoms with van der Waals surface area (Å²) in [4.78, 5) is 2.40. The van der Waals surface area contributed by atoms with E-state index in [-0.39, 0.29) is 0 Å². The van der Waals surface area contributed by atoms with Crippen LogP contribution in [0.4, 0.5) is 17.1 Å². The molecule has 1 aliphatic rings. The van der Waals surface area contributed by atoms with E-state index in [2.05, 4.69) is 187 Å². The second-order valence-corrected chi connectivity index (χ2v) is 14.0. The van der Waals surface area contributed by atoms with Gasteiger partial charge in [-0.05, 0) is 103 Å². The third kappa shape index (κ3) is 4.77. The highest BCUT2D eigenvalue weighted by atomic mass is 32.1. The van der Waals surface area contributed by atoms with Gasteiger partial charge in [0.25, 0.3) is 0 Å². The number of rotatable bonds is 5. The lowest BCUT2D eigenvalue weighted by Crippen LogP contribution is -2.18. The minimum atomic E-state index is 0.945. The van der Waals surface area contributed by atoms with E-state index in [4.69, 9.17) is 0 Å². The van der Waals surface area contributed by atoms with E-state index in [1.807, 2.05) is 11.3 Å². The van der Waals surface area contributed by atoms with Gasteiger partial charge in [-0.1, -0.05) is 133 Å². The summed E-state index contributed by atoms with van der Waals surface area (Å²) in [7, 11) is 0. The van der Waals surface area contributed by atoms with Crippen molar-refractivity contribution in [1.29, 1.82) is 0 Å². The molecule has 2 heteroatoms. The molecule has 234 valence electrons. The van der Waals surface area contributed by atoms with Crippen LogP contribution in [0.1, 0.15) is 6.42 Å². The van der Waals surface area contributed by atoms with Crippen LogP contribution >= 0.6 is 11.3 Å². The van der Waals surface area contributed by atoms with Crippen molar-refractivity contribution >= 4 is 82.6 Å². The van der Waals surface area contributed by atoms with Crippen molar-refractivity contribution in [1.82, 2.24) is 0 Å². The minimum absolute atomic E-state index is 0.945. The summed E-state index contributed by atoms with van der Waals surface area (Å²) in [5, 5.41) is 10.2. The molecule has 1 aromatic heterocycles. The second-order valence-electron chi connectivity index (χ2n) is 13.0. The third-order valence-corrected chi connectivity index (χ3v) is 11.2. The second kappa shape index (κ2) is 11.8. The lowest BCUT2D eigenvalue weighted by atomic mass is 9.96. The van der Waals surface area contributed by atoms with Gasteiger partial charge >= 0.3 is 0 Å². The highest BCUT2D eigenvalue weighted by Crippen LogP contribution is 2.41. The fourth-order valence-electron chi connectivity index (χ4n) is 7.64. The molecule has 0 saturated carbocycles. The van der Waals surface area contributed by atoms with E-state index >= 15 is 0 Å². The Morgan fingerprint density at radius 1 is 0.460 bits per heavy atom. The zero-order valence-corrected chi connectivity index (χ0v) is 28.1. The molecular formula is C48H31NS. The molecule has 0 amide bonds. The van der Waals surface area contributed by atoms with E-state index in [0.717, 1.165) is 23.5 Å². The minimum Gasteiger partial charge on any atom is -0.310 e. The van der Waals surface area contributed by atoms with Crippen molar-refractivity contribution in [2.24, 2.45) is 0 Å². The van der Waals surface area contributed by atoms with Gasteiger partial charge in [-0.15, -0.1) is 17.1 Å². The maximum absolute atomic E-state index is 3.50. The van der Waals surface area contributed by atoms with Crippen LogP contribution in [0.5, 0.6) is 0 Å². The zero-order chi connectivity index (χ0) is 33.0. The van der Waals surface area contributed by atoms with Gasteiger partial charge in [0.15, 0.2) is 0 Å². The first-order valence-corrected chi connectivity index (χ1v) is 18.0. The Labute approximate surface area is 294 Å². The molecule has 0 unspecified atom stereocenters. The quantitative estimate of drug-likeness (QED) is 0.167. The van der Waals surface area contributed by atoms with Crippen molar-refractivity contribution in [3.8, 4) is 22.3 Å². The Balaban J connectivity index is 1.15. The van der Waals surface area contributed by atoms with Crippen LogP contribution in [0.25, 0.3) is 76.5 Å². The SMILES string of the molecule is C1=CCC=c2c=1sc1c(-c3ccc(N(c4cccc(-c5ccccc5)c4)c4ccc5ccc6c7ccccc7ccc6c5c4)cc3)cccc21. The van der Waals surface area contributed by atoms with Gasteiger partial charge in [0.05, 0.1) is 4.53 Å². The molecule has 50 heavy (non-hydrogen) atoms. The van der Waals surface area contributed by atoms with Gasteiger partial charge < -0.3 is 4.90 Å². The van der Waals surface area contributed by atoms with Crippen LogP contribution in [0.15, 0.2) is 170 Å². The third-order valence-electron chi connectivity index (χ3n) is 10.1. The van der Waals surface area contributed by atoms with Gasteiger partial charge in [0.1, 0.15) is 0 Å². The molecule has 10 rings (SSSR count). The topological polar surface area (TPSA) is 3.24 Å². The van der Waals surface area contributed by atoms with Gasteiger partial charge in [0.2, 0.25) is 0 Å². The standard InChI is InChI=1S/C48H31NS/c1-2-10-32(11-3-1)36-13-8-14-38(30-36)49(39-27-22-35-24-28-42-40-15-5-4-12-33(40)23-29-43(42)46(35)31-39)37-25-20-34(21-26-37)41-17-9-18-45-44-16-6-7-19-47(44)50-48(41)45/h1-5,7-18,20-31H,6H2. The van der Waals surface area contributed by atoms with Crippen molar-refractivity contribution in [2.75, 3.05) is 4.90 Å². The van der Waals surface area contributed by atoms with Crippen LogP contribution in [-0.2, 0) is 0 Å². The van der Waals surface area contributed by atoms with Gasteiger partial charge in [-0.25, -0.2) is 0 Å². The molecule has 1 nitrogen and oxygen atoms in total. The lowest BCUT2D eigenvalue weighted by molar-refractivity contribution is 1.29. The summed E-state index contributed by atoms with van der Waals surface area (Å²) in [6.07, 6.45) is 5.40. The number of fused-ring (bicyclic) bond motifs is 8. The Hall–Kier alpha value is -6.18. The molecule has 8 aromatic carbocycles. The highest BCUT2D eigenvalue weighted by Gasteiger charge is 2.17. The van der Waals surface area contributed by atoms with E-state index in [1.54, 1.807) is 0 Å². The summed E-state index contributed by atoms with van der Waals surface area (Å²) >= 11 is 1.84. The summed E-state index contributed by atoms with van der Waals surface area (Å²) in [6.45, 7) is 0. The molecule has 0 bridgehead atoms. The van der Waals surface area contributed by atoms with E-state index in [1.165, 1.54) is 74.4 Å². The predicted molar refractivity (Wildman–Crippen MR) is 216 cm³/mol. The Morgan fingerprint density at radius 2 is 1.14 bits per heavy atom. The molecule has 0 N–H and O–H groups in total. The lowest BCUT2D eigenvalue weighted by Gasteiger charge is -2.27. The molecule has 9 aromatic rings. The maximum atomic E-state index is 3.50. The van der Waals surface area contributed by atoms with Crippen molar-refractivity contribution < 1.29 is 0 Å². The van der Waals surface area contributed by atoms with Gasteiger partial charge in [-0.2, -0.15) is 0 Å². The number of allylic oxidation sites excluding steroid dienone is 1. The highest BCUT2D eigenvalue weighted by molar-refractivity contribution is 7.17. The average Bonchev–Trinajstić information content (AvgIpc) is 3.58. The molecule has 0 aliphatic heterocycles. The molecule has 0 fully saturated rings. The fourth-order valence-corrected chi connectivity index (χ4v) is 8.87. The van der Waals surface area contributed by atoms with E-state index in [0.29, 0.717) is 0 Å². The maximum Gasteiger partial charge on any atom is 0.0767 e. The average molecular weight is 654 g/mol. The number of hydrogen-bond acceptors (Lipinski definition) is 2. The fraction of sp³-hybridized carbons (Fsp3) is 0.0208. The Morgan fingerprint density at radius 3 is 2.02 bits per heavy atom. The van der Waals surface area contributed by atoms with E-state index < -0.39 is 0 Å². The molecule has 0 saturated heterocycles. The van der Waals surface area contributed by atoms with Crippen LogP contribution in [-0.4, -0.2) is 0 Å². The zero-order valence-electron chi connectivity index (χ0n) is 27.3. The van der Waals surface area contributed by atoms with Crippen molar-refractivity contribution in [3.63, 3.8) is 0 Å². The molecule has 0 atom stereocenters. The first kappa shape index (κ1) is 28.8. The molecular weight excluding hydrogens is 623 g/mol. The van der Waals surface area contributed by atoms with Gasteiger partial charge in [-0.3, -0.25) is 0 Å². The molecule has 0 spiro atoms. The van der Waals surface area contributed by atoms with E-state index in [9.17, 15) is 0 Å². The molecule has 0 radical (unpaired) electrons. The number of anilines is 3. The summed E-state index contributed by atoms with van der Waals surface area (Å²) in [5.74, 6) is 0. The number of nitrogens with zero attached hydrogens (tertiary/aromatic N) is 1. The molecule has 1 heterocycles. The largest absolute Gasteiger partial charge is 0.310 e. The van der Waals surface area contributed by atoms with Crippen molar-refractivity contribution in [2.45, 2.75) is 6.42 Å². The first-order valence-electron chi connectivity index (χ1n) is 17.2. The number of thiophene rings is 1. The van der Waals surface area contributed by atoms with Crippen LogP contribution in [0, 0.1) is 0 Å². The summed E-state index contributed by atoms with van der Waals surface area (Å²) in [5.41, 5.74) is 11.7. The first-order chi connectivity index (χ1) is 24.8. The molecule has 1 aliphatic carbocycles. The predicted octanol–water partition coefficient (Wildman–Crippen LogP) is 12.3.